The normalized spacial score (nSPS) is 11.5. The van der Waals surface area contributed by atoms with Crippen molar-refractivity contribution < 1.29 is 8.42 Å². The number of aromatic nitrogens is 2. The molecule has 112 valence electrons. The summed E-state index contributed by atoms with van der Waals surface area (Å²) in [5.41, 5.74) is 5.78. The predicted octanol–water partition coefficient (Wildman–Crippen LogP) is 2.57. The van der Waals surface area contributed by atoms with Crippen molar-refractivity contribution in [3.8, 4) is 0 Å². The van der Waals surface area contributed by atoms with E-state index in [2.05, 4.69) is 16.9 Å². The van der Waals surface area contributed by atoms with Gasteiger partial charge in [-0.05, 0) is 30.7 Å². The number of aryl methyl sites for hydroxylation is 1. The predicted molar refractivity (Wildman–Crippen MR) is 84.1 cm³/mol. The SMILES string of the molecule is CCCc1nc(N)cc(Sc2ccc(S(C)(=O)=O)cc2)n1. The Labute approximate surface area is 128 Å². The molecule has 0 unspecified atom stereocenters. The topological polar surface area (TPSA) is 85.9 Å². The van der Waals surface area contributed by atoms with Gasteiger partial charge in [0.05, 0.1) is 4.90 Å². The molecule has 2 rings (SSSR count). The van der Waals surface area contributed by atoms with Gasteiger partial charge >= 0.3 is 0 Å². The van der Waals surface area contributed by atoms with Crippen LogP contribution < -0.4 is 5.73 Å². The van der Waals surface area contributed by atoms with Crippen LogP contribution in [0.1, 0.15) is 19.2 Å². The minimum Gasteiger partial charge on any atom is -0.384 e. The zero-order valence-corrected chi connectivity index (χ0v) is 13.5. The number of rotatable bonds is 5. The molecule has 1 heterocycles. The van der Waals surface area contributed by atoms with Gasteiger partial charge in [0, 0.05) is 23.6 Å². The Balaban J connectivity index is 2.22. The lowest BCUT2D eigenvalue weighted by molar-refractivity contribution is 0.602. The smallest absolute Gasteiger partial charge is 0.175 e. The molecule has 0 aliphatic carbocycles. The van der Waals surface area contributed by atoms with Gasteiger partial charge in [-0.1, -0.05) is 18.7 Å². The molecule has 0 aliphatic rings. The van der Waals surface area contributed by atoms with Gasteiger partial charge < -0.3 is 5.73 Å². The molecule has 0 fully saturated rings. The molecule has 5 nitrogen and oxygen atoms in total. The Kier molecular flexibility index (Phi) is 4.84. The first-order valence-corrected chi connectivity index (χ1v) is 9.20. The molecule has 0 atom stereocenters. The van der Waals surface area contributed by atoms with E-state index in [1.165, 1.54) is 18.0 Å². The third kappa shape index (κ3) is 4.44. The zero-order valence-electron chi connectivity index (χ0n) is 11.9. The fourth-order valence-corrected chi connectivity index (χ4v) is 3.23. The van der Waals surface area contributed by atoms with Crippen molar-refractivity contribution in [2.45, 2.75) is 34.6 Å². The first-order valence-electron chi connectivity index (χ1n) is 6.50. The highest BCUT2D eigenvalue weighted by molar-refractivity contribution is 7.99. The van der Waals surface area contributed by atoms with Crippen molar-refractivity contribution in [2.75, 3.05) is 12.0 Å². The second-order valence-electron chi connectivity index (χ2n) is 4.64. The summed E-state index contributed by atoms with van der Waals surface area (Å²) in [6.07, 6.45) is 2.93. The number of hydrogen-bond acceptors (Lipinski definition) is 6. The van der Waals surface area contributed by atoms with Crippen LogP contribution in [0.4, 0.5) is 5.82 Å². The molecule has 2 N–H and O–H groups in total. The van der Waals surface area contributed by atoms with Crippen molar-refractivity contribution >= 4 is 27.4 Å². The number of anilines is 1. The van der Waals surface area contributed by atoms with E-state index in [9.17, 15) is 8.42 Å². The van der Waals surface area contributed by atoms with Crippen LogP contribution in [0.5, 0.6) is 0 Å². The molecule has 21 heavy (non-hydrogen) atoms. The maximum absolute atomic E-state index is 11.4. The van der Waals surface area contributed by atoms with E-state index in [0.717, 1.165) is 28.6 Å². The first-order chi connectivity index (χ1) is 9.88. The summed E-state index contributed by atoms with van der Waals surface area (Å²) in [6, 6.07) is 8.43. The molecule has 0 bridgehead atoms. The van der Waals surface area contributed by atoms with Crippen molar-refractivity contribution in [2.24, 2.45) is 0 Å². The lowest BCUT2D eigenvalue weighted by Crippen LogP contribution is -2.00. The average molecular weight is 323 g/mol. The molecule has 0 saturated heterocycles. The molecule has 1 aromatic heterocycles. The number of nitrogens with zero attached hydrogens (tertiary/aromatic N) is 2. The van der Waals surface area contributed by atoms with E-state index in [-0.39, 0.29) is 0 Å². The Morgan fingerprint density at radius 2 is 1.86 bits per heavy atom. The first kappa shape index (κ1) is 15.8. The summed E-state index contributed by atoms with van der Waals surface area (Å²) >= 11 is 1.44. The van der Waals surface area contributed by atoms with Crippen molar-refractivity contribution in [1.82, 2.24) is 9.97 Å². The number of sulfone groups is 1. The highest BCUT2D eigenvalue weighted by Gasteiger charge is 2.08. The van der Waals surface area contributed by atoms with Crippen molar-refractivity contribution in [1.29, 1.82) is 0 Å². The molecule has 0 spiro atoms. The highest BCUT2D eigenvalue weighted by Crippen LogP contribution is 2.28. The van der Waals surface area contributed by atoms with E-state index in [4.69, 9.17) is 5.73 Å². The molecular weight excluding hydrogens is 306 g/mol. The summed E-state index contributed by atoms with van der Waals surface area (Å²) in [4.78, 5) is 9.84. The summed E-state index contributed by atoms with van der Waals surface area (Å²) in [7, 11) is -3.17. The Morgan fingerprint density at radius 1 is 1.19 bits per heavy atom. The average Bonchev–Trinajstić information content (AvgIpc) is 2.38. The van der Waals surface area contributed by atoms with Gasteiger partial charge in [0.1, 0.15) is 16.7 Å². The standard InChI is InChI=1S/C14H17N3O2S2/c1-3-4-13-16-12(15)9-14(17-13)20-10-5-7-11(8-6-10)21(2,18)19/h5-9H,3-4H2,1-2H3,(H2,15,16,17). The second kappa shape index (κ2) is 6.44. The Bertz CT molecular complexity index is 728. The maximum Gasteiger partial charge on any atom is 0.175 e. The lowest BCUT2D eigenvalue weighted by atomic mass is 10.3. The minimum absolute atomic E-state index is 0.306. The minimum atomic E-state index is -3.17. The van der Waals surface area contributed by atoms with Crippen LogP contribution in [0, 0.1) is 0 Å². The van der Waals surface area contributed by atoms with Crippen LogP contribution >= 0.6 is 11.8 Å². The van der Waals surface area contributed by atoms with E-state index < -0.39 is 9.84 Å². The lowest BCUT2D eigenvalue weighted by Gasteiger charge is -2.05. The van der Waals surface area contributed by atoms with E-state index in [0.29, 0.717) is 10.7 Å². The fraction of sp³-hybridized carbons (Fsp3) is 0.286. The van der Waals surface area contributed by atoms with Crippen LogP contribution in [0.25, 0.3) is 0 Å². The summed E-state index contributed by atoms with van der Waals surface area (Å²) < 4.78 is 22.8. The molecule has 0 saturated carbocycles. The molecule has 0 radical (unpaired) electrons. The number of hydrogen-bond donors (Lipinski definition) is 1. The largest absolute Gasteiger partial charge is 0.384 e. The van der Waals surface area contributed by atoms with Gasteiger partial charge in [0.2, 0.25) is 0 Å². The van der Waals surface area contributed by atoms with Gasteiger partial charge in [-0.2, -0.15) is 0 Å². The molecule has 1 aromatic carbocycles. The maximum atomic E-state index is 11.4. The summed E-state index contributed by atoms with van der Waals surface area (Å²) in [5, 5.41) is 0.762. The van der Waals surface area contributed by atoms with Crippen molar-refractivity contribution in [3.63, 3.8) is 0 Å². The van der Waals surface area contributed by atoms with Crippen LogP contribution in [0.15, 0.2) is 45.1 Å². The van der Waals surface area contributed by atoms with Crippen LogP contribution in [-0.2, 0) is 16.3 Å². The molecule has 0 amide bonds. The summed E-state index contributed by atoms with van der Waals surface area (Å²) in [6.45, 7) is 2.06. The van der Waals surface area contributed by atoms with Gasteiger partial charge in [0.15, 0.2) is 9.84 Å². The number of nitrogen functional groups attached to an aromatic ring is 1. The fourth-order valence-electron chi connectivity index (χ4n) is 1.76. The zero-order chi connectivity index (χ0) is 15.5. The van der Waals surface area contributed by atoms with Gasteiger partial charge in [0.25, 0.3) is 0 Å². The highest BCUT2D eigenvalue weighted by atomic mass is 32.2. The van der Waals surface area contributed by atoms with Gasteiger partial charge in [-0.3, -0.25) is 0 Å². The monoisotopic (exact) mass is 323 g/mol. The molecule has 0 aliphatic heterocycles. The van der Waals surface area contributed by atoms with Crippen LogP contribution in [0.2, 0.25) is 0 Å². The third-order valence-electron chi connectivity index (χ3n) is 2.72. The van der Waals surface area contributed by atoms with Gasteiger partial charge in [-0.25, -0.2) is 18.4 Å². The Morgan fingerprint density at radius 3 is 2.43 bits per heavy atom. The quantitative estimate of drug-likeness (QED) is 0.851. The van der Waals surface area contributed by atoms with Crippen LogP contribution in [0.3, 0.4) is 0 Å². The number of nitrogens with two attached hydrogens (primary N) is 1. The molecule has 7 heteroatoms. The van der Waals surface area contributed by atoms with Crippen molar-refractivity contribution in [3.05, 3.63) is 36.2 Å². The molecule has 2 aromatic rings. The summed E-state index contributed by atoms with van der Waals surface area (Å²) in [5.74, 6) is 1.18. The number of benzene rings is 1. The van der Waals surface area contributed by atoms with Crippen LogP contribution in [-0.4, -0.2) is 24.6 Å². The van der Waals surface area contributed by atoms with E-state index in [1.54, 1.807) is 30.3 Å². The van der Waals surface area contributed by atoms with Gasteiger partial charge in [-0.15, -0.1) is 0 Å². The third-order valence-corrected chi connectivity index (χ3v) is 4.77. The van der Waals surface area contributed by atoms with E-state index in [1.807, 2.05) is 0 Å². The van der Waals surface area contributed by atoms with E-state index >= 15 is 0 Å². The molecular formula is C14H17N3O2S2. The second-order valence-corrected chi connectivity index (χ2v) is 7.75. The Hall–Kier alpha value is -1.60.